The van der Waals surface area contributed by atoms with Crippen molar-refractivity contribution in [3.8, 4) is 0 Å². The van der Waals surface area contributed by atoms with Crippen LogP contribution in [0.15, 0.2) is 18.2 Å². The minimum atomic E-state index is -0.341. The summed E-state index contributed by atoms with van der Waals surface area (Å²) < 4.78 is 5.11. The quantitative estimate of drug-likeness (QED) is 0.544. The summed E-state index contributed by atoms with van der Waals surface area (Å²) in [5, 5.41) is 0. The standard InChI is InChI=1S/C10H12N2O2/c11-7-3-6(4-8(12)5-7)10(13)14-9-1-2-9/h3-5,9H,1-2,11-12H2. The Morgan fingerprint density at radius 1 is 1.21 bits per heavy atom. The van der Waals surface area contributed by atoms with Gasteiger partial charge in [-0.3, -0.25) is 0 Å². The van der Waals surface area contributed by atoms with E-state index in [1.807, 2.05) is 0 Å². The molecule has 0 bridgehead atoms. The average Bonchev–Trinajstić information content (AvgIpc) is 2.86. The molecule has 4 N–H and O–H groups in total. The Morgan fingerprint density at radius 3 is 2.29 bits per heavy atom. The average molecular weight is 192 g/mol. The van der Waals surface area contributed by atoms with E-state index in [9.17, 15) is 4.79 Å². The first-order chi connectivity index (χ1) is 6.65. The molecule has 74 valence electrons. The number of anilines is 2. The van der Waals surface area contributed by atoms with Crippen molar-refractivity contribution >= 4 is 17.3 Å². The summed E-state index contributed by atoms with van der Waals surface area (Å²) >= 11 is 0. The Hall–Kier alpha value is -1.71. The number of hydrogen-bond donors (Lipinski definition) is 2. The topological polar surface area (TPSA) is 78.3 Å². The van der Waals surface area contributed by atoms with Crippen LogP contribution in [0.2, 0.25) is 0 Å². The molecule has 1 aliphatic rings. The molecule has 0 aliphatic heterocycles. The van der Waals surface area contributed by atoms with Crippen molar-refractivity contribution < 1.29 is 9.53 Å². The van der Waals surface area contributed by atoms with Gasteiger partial charge < -0.3 is 16.2 Å². The summed E-state index contributed by atoms with van der Waals surface area (Å²) in [7, 11) is 0. The second-order valence-corrected chi connectivity index (χ2v) is 3.49. The lowest BCUT2D eigenvalue weighted by atomic mass is 10.2. The molecule has 0 aromatic heterocycles. The largest absolute Gasteiger partial charge is 0.459 e. The van der Waals surface area contributed by atoms with Gasteiger partial charge in [-0.1, -0.05) is 0 Å². The summed E-state index contributed by atoms with van der Waals surface area (Å²) in [6.07, 6.45) is 2.03. The Kier molecular flexibility index (Phi) is 2.04. The van der Waals surface area contributed by atoms with Gasteiger partial charge in [0.25, 0.3) is 0 Å². The summed E-state index contributed by atoms with van der Waals surface area (Å²) in [5.41, 5.74) is 12.5. The fourth-order valence-electron chi connectivity index (χ4n) is 1.20. The predicted molar refractivity (Wildman–Crippen MR) is 53.7 cm³/mol. The van der Waals surface area contributed by atoms with Gasteiger partial charge in [-0.15, -0.1) is 0 Å². The van der Waals surface area contributed by atoms with Crippen LogP contribution in [-0.2, 0) is 4.74 Å². The summed E-state index contributed by atoms with van der Waals surface area (Å²) in [6.45, 7) is 0. The number of hydrogen-bond acceptors (Lipinski definition) is 4. The van der Waals surface area contributed by atoms with Gasteiger partial charge in [0.05, 0.1) is 5.56 Å². The number of carbonyl (C=O) groups is 1. The maximum Gasteiger partial charge on any atom is 0.338 e. The van der Waals surface area contributed by atoms with E-state index in [0.717, 1.165) is 12.8 Å². The molecule has 1 aromatic carbocycles. The second kappa shape index (κ2) is 3.21. The van der Waals surface area contributed by atoms with E-state index in [-0.39, 0.29) is 12.1 Å². The molecule has 1 aliphatic carbocycles. The van der Waals surface area contributed by atoms with E-state index >= 15 is 0 Å². The fraction of sp³-hybridized carbons (Fsp3) is 0.300. The van der Waals surface area contributed by atoms with Crippen LogP contribution in [0.3, 0.4) is 0 Å². The van der Waals surface area contributed by atoms with Crippen molar-refractivity contribution in [1.29, 1.82) is 0 Å². The molecule has 0 saturated heterocycles. The SMILES string of the molecule is Nc1cc(N)cc(C(=O)OC2CC2)c1. The molecule has 14 heavy (non-hydrogen) atoms. The van der Waals surface area contributed by atoms with Crippen molar-refractivity contribution in [3.63, 3.8) is 0 Å². The van der Waals surface area contributed by atoms with E-state index in [1.165, 1.54) is 0 Å². The van der Waals surface area contributed by atoms with Crippen molar-refractivity contribution in [2.24, 2.45) is 0 Å². The Labute approximate surface area is 81.8 Å². The summed E-state index contributed by atoms with van der Waals surface area (Å²) in [4.78, 5) is 11.5. The van der Waals surface area contributed by atoms with Gasteiger partial charge in [0.1, 0.15) is 6.10 Å². The Bertz CT molecular complexity index is 352. The zero-order chi connectivity index (χ0) is 10.1. The molecule has 2 rings (SSSR count). The van der Waals surface area contributed by atoms with E-state index in [0.29, 0.717) is 16.9 Å². The van der Waals surface area contributed by atoms with Crippen LogP contribution in [0.25, 0.3) is 0 Å². The second-order valence-electron chi connectivity index (χ2n) is 3.49. The van der Waals surface area contributed by atoms with E-state index in [2.05, 4.69) is 0 Å². The monoisotopic (exact) mass is 192 g/mol. The number of nitrogen functional groups attached to an aromatic ring is 2. The number of carbonyl (C=O) groups excluding carboxylic acids is 1. The predicted octanol–water partition coefficient (Wildman–Crippen LogP) is 1.17. The number of esters is 1. The highest BCUT2D eigenvalue weighted by molar-refractivity contribution is 5.91. The molecule has 0 radical (unpaired) electrons. The highest BCUT2D eigenvalue weighted by Crippen LogP contribution is 2.25. The number of rotatable bonds is 2. The number of benzene rings is 1. The third-order valence-electron chi connectivity index (χ3n) is 2.01. The van der Waals surface area contributed by atoms with Gasteiger partial charge in [-0.2, -0.15) is 0 Å². The zero-order valence-electron chi connectivity index (χ0n) is 7.69. The molecule has 0 atom stereocenters. The van der Waals surface area contributed by atoms with Crippen LogP contribution in [-0.4, -0.2) is 12.1 Å². The molecule has 4 heteroatoms. The Balaban J connectivity index is 2.17. The van der Waals surface area contributed by atoms with Crippen molar-refractivity contribution in [2.75, 3.05) is 11.5 Å². The van der Waals surface area contributed by atoms with Crippen LogP contribution in [0.4, 0.5) is 11.4 Å². The van der Waals surface area contributed by atoms with Crippen molar-refractivity contribution in [2.45, 2.75) is 18.9 Å². The van der Waals surface area contributed by atoms with E-state index in [1.54, 1.807) is 18.2 Å². The van der Waals surface area contributed by atoms with Crippen molar-refractivity contribution in [1.82, 2.24) is 0 Å². The minimum Gasteiger partial charge on any atom is -0.459 e. The summed E-state index contributed by atoms with van der Waals surface area (Å²) in [6, 6.07) is 4.75. The van der Waals surface area contributed by atoms with E-state index < -0.39 is 0 Å². The maximum absolute atomic E-state index is 11.5. The number of ether oxygens (including phenoxy) is 1. The summed E-state index contributed by atoms with van der Waals surface area (Å²) in [5.74, 6) is -0.341. The van der Waals surface area contributed by atoms with Crippen LogP contribution < -0.4 is 11.5 Å². The molecule has 1 fully saturated rings. The van der Waals surface area contributed by atoms with Gasteiger partial charge in [-0.25, -0.2) is 4.79 Å². The normalized spacial score (nSPS) is 15.1. The first-order valence-electron chi connectivity index (χ1n) is 4.52. The Morgan fingerprint density at radius 2 is 1.79 bits per heavy atom. The third-order valence-corrected chi connectivity index (χ3v) is 2.01. The van der Waals surface area contributed by atoms with Gasteiger partial charge in [0.15, 0.2) is 0 Å². The highest BCUT2D eigenvalue weighted by Gasteiger charge is 2.26. The molecule has 0 heterocycles. The maximum atomic E-state index is 11.5. The zero-order valence-corrected chi connectivity index (χ0v) is 7.69. The lowest BCUT2D eigenvalue weighted by Gasteiger charge is -2.04. The molecule has 0 amide bonds. The lowest BCUT2D eigenvalue weighted by molar-refractivity contribution is 0.0472. The smallest absolute Gasteiger partial charge is 0.338 e. The van der Waals surface area contributed by atoms with Gasteiger partial charge in [0, 0.05) is 11.4 Å². The molecule has 0 spiro atoms. The van der Waals surface area contributed by atoms with Crippen molar-refractivity contribution in [3.05, 3.63) is 23.8 Å². The van der Waals surface area contributed by atoms with Crippen LogP contribution in [0.1, 0.15) is 23.2 Å². The van der Waals surface area contributed by atoms with E-state index in [4.69, 9.17) is 16.2 Å². The third kappa shape index (κ3) is 1.96. The molecule has 0 unspecified atom stereocenters. The van der Waals surface area contributed by atoms with Crippen LogP contribution in [0, 0.1) is 0 Å². The molecule has 4 nitrogen and oxygen atoms in total. The first-order valence-corrected chi connectivity index (χ1v) is 4.52. The minimum absolute atomic E-state index is 0.102. The fourth-order valence-corrected chi connectivity index (χ4v) is 1.20. The van der Waals surface area contributed by atoms with Gasteiger partial charge in [0.2, 0.25) is 0 Å². The molecular weight excluding hydrogens is 180 g/mol. The van der Waals surface area contributed by atoms with Gasteiger partial charge in [-0.05, 0) is 31.0 Å². The lowest BCUT2D eigenvalue weighted by Crippen LogP contribution is -2.07. The molecule has 1 aromatic rings. The molecular formula is C10H12N2O2. The number of nitrogens with two attached hydrogens (primary N) is 2. The van der Waals surface area contributed by atoms with Crippen LogP contribution >= 0.6 is 0 Å². The van der Waals surface area contributed by atoms with Gasteiger partial charge >= 0.3 is 5.97 Å². The molecule has 1 saturated carbocycles. The first kappa shape index (κ1) is 8.87. The van der Waals surface area contributed by atoms with Crippen LogP contribution in [0.5, 0.6) is 0 Å². The highest BCUT2D eigenvalue weighted by atomic mass is 16.5.